The zero-order valence-corrected chi connectivity index (χ0v) is 20.6. The number of benzene rings is 2. The summed E-state index contributed by atoms with van der Waals surface area (Å²) in [7, 11) is 0. The van der Waals surface area contributed by atoms with Gasteiger partial charge in [-0.05, 0) is 62.4 Å². The lowest BCUT2D eigenvalue weighted by molar-refractivity contribution is 0.219. The van der Waals surface area contributed by atoms with Crippen LogP contribution in [0.25, 0.3) is 22.2 Å². The van der Waals surface area contributed by atoms with Crippen LogP contribution in [0.2, 0.25) is 0 Å². The third-order valence-corrected chi connectivity index (χ3v) is 5.93. The summed E-state index contributed by atoms with van der Waals surface area (Å²) >= 11 is 0. The molecule has 2 aromatic carbocycles. The SMILES string of the molecule is CC(C)NC(=O)Nc1ccc(-c2c(C#N)c3ccc(OCCN(N)/N=C\N)cc3n2CC2CC2)cc1. The van der Waals surface area contributed by atoms with Crippen molar-refractivity contribution in [1.82, 2.24) is 15.0 Å². The van der Waals surface area contributed by atoms with E-state index < -0.39 is 0 Å². The number of ether oxygens (including phenoxy) is 1. The molecule has 10 heteroatoms. The molecule has 36 heavy (non-hydrogen) atoms. The van der Waals surface area contributed by atoms with Crippen LogP contribution in [-0.2, 0) is 6.54 Å². The fourth-order valence-electron chi connectivity index (χ4n) is 4.12. The molecule has 1 aliphatic rings. The lowest BCUT2D eigenvalue weighted by atomic mass is 10.1. The van der Waals surface area contributed by atoms with E-state index >= 15 is 0 Å². The maximum atomic E-state index is 12.1. The van der Waals surface area contributed by atoms with Gasteiger partial charge in [-0.1, -0.05) is 12.1 Å². The Morgan fingerprint density at radius 2 is 2.06 bits per heavy atom. The summed E-state index contributed by atoms with van der Waals surface area (Å²) in [6.45, 7) is 5.35. The first kappa shape index (κ1) is 24.9. The van der Waals surface area contributed by atoms with Crippen LogP contribution >= 0.6 is 0 Å². The Labute approximate surface area is 210 Å². The van der Waals surface area contributed by atoms with Crippen LogP contribution in [0.5, 0.6) is 5.75 Å². The number of fused-ring (bicyclic) bond motifs is 1. The molecule has 1 aromatic heterocycles. The van der Waals surface area contributed by atoms with E-state index in [4.69, 9.17) is 16.3 Å². The molecular formula is C26H32N8O2. The number of hydrogen-bond acceptors (Lipinski definition) is 6. The molecule has 4 rings (SSSR count). The summed E-state index contributed by atoms with van der Waals surface area (Å²) in [6, 6.07) is 15.6. The molecule has 0 unspecified atom stereocenters. The third-order valence-electron chi connectivity index (χ3n) is 5.93. The van der Waals surface area contributed by atoms with Gasteiger partial charge in [-0.25, -0.2) is 15.8 Å². The quantitative estimate of drug-likeness (QED) is 0.148. The zero-order chi connectivity index (χ0) is 25.7. The van der Waals surface area contributed by atoms with Gasteiger partial charge >= 0.3 is 6.03 Å². The van der Waals surface area contributed by atoms with E-state index in [0.717, 1.165) is 35.0 Å². The van der Waals surface area contributed by atoms with Crippen LogP contribution in [0, 0.1) is 17.2 Å². The van der Waals surface area contributed by atoms with E-state index in [1.807, 2.05) is 56.3 Å². The van der Waals surface area contributed by atoms with Gasteiger partial charge in [0.05, 0.1) is 23.3 Å². The van der Waals surface area contributed by atoms with Gasteiger partial charge < -0.3 is 25.7 Å². The number of nitrogens with zero attached hydrogens (tertiary/aromatic N) is 4. The van der Waals surface area contributed by atoms with Crippen LogP contribution in [0.4, 0.5) is 10.5 Å². The number of nitriles is 1. The zero-order valence-electron chi connectivity index (χ0n) is 20.6. The topological polar surface area (TPSA) is 147 Å². The predicted octanol–water partition coefficient (Wildman–Crippen LogP) is 3.58. The Balaban J connectivity index is 1.65. The standard InChI is InChI=1S/C26H32N8O2/c1-17(2)31-26(35)32-20-7-5-19(6-8-20)25-23(14-27)22-10-9-21(36-12-11-34(29)30-16-28)13-24(22)33(25)15-18-3-4-18/h5-10,13,16-18H,3-4,11-12,15,29H2,1-2H3,(H2,28,30)(H2,31,32,35). The number of amides is 2. The minimum Gasteiger partial charge on any atom is -0.492 e. The Morgan fingerprint density at radius 3 is 2.69 bits per heavy atom. The van der Waals surface area contributed by atoms with E-state index in [0.29, 0.717) is 36.1 Å². The van der Waals surface area contributed by atoms with Crippen LogP contribution in [0.1, 0.15) is 32.3 Å². The summed E-state index contributed by atoms with van der Waals surface area (Å²) in [6.07, 6.45) is 3.49. The Morgan fingerprint density at radius 1 is 1.31 bits per heavy atom. The maximum absolute atomic E-state index is 12.1. The van der Waals surface area contributed by atoms with E-state index in [1.54, 1.807) is 0 Å². The van der Waals surface area contributed by atoms with Crippen molar-refractivity contribution in [2.75, 3.05) is 18.5 Å². The minimum absolute atomic E-state index is 0.0446. The molecule has 1 aliphatic carbocycles. The Kier molecular flexibility index (Phi) is 7.61. The van der Waals surface area contributed by atoms with Crippen molar-refractivity contribution in [3.05, 3.63) is 48.0 Å². The molecule has 1 fully saturated rings. The number of hydrazone groups is 1. The molecule has 0 radical (unpaired) electrons. The summed E-state index contributed by atoms with van der Waals surface area (Å²) in [5, 5.41) is 21.6. The van der Waals surface area contributed by atoms with Gasteiger partial charge in [0.15, 0.2) is 0 Å². The second-order valence-corrected chi connectivity index (χ2v) is 9.17. The van der Waals surface area contributed by atoms with Crippen LogP contribution in [0.15, 0.2) is 47.6 Å². The lowest BCUT2D eigenvalue weighted by Gasteiger charge is -2.14. The number of carbonyl (C=O) groups is 1. The van der Waals surface area contributed by atoms with E-state index in [9.17, 15) is 10.1 Å². The van der Waals surface area contributed by atoms with Crippen LogP contribution < -0.4 is 26.9 Å². The average molecular weight is 489 g/mol. The number of aromatic nitrogens is 1. The van der Waals surface area contributed by atoms with E-state index in [2.05, 4.69) is 26.4 Å². The normalized spacial score (nSPS) is 13.2. The third kappa shape index (κ3) is 5.87. The number of carbonyl (C=O) groups excluding carboxylic acids is 1. The van der Waals surface area contributed by atoms with Gasteiger partial charge in [0.1, 0.15) is 24.8 Å². The fraction of sp³-hybridized carbons (Fsp3) is 0.346. The first-order valence-electron chi connectivity index (χ1n) is 12.0. The number of hydrazine groups is 1. The van der Waals surface area contributed by atoms with Crippen molar-refractivity contribution >= 4 is 29.0 Å². The van der Waals surface area contributed by atoms with Gasteiger partial charge in [0.2, 0.25) is 0 Å². The number of urea groups is 1. The van der Waals surface area contributed by atoms with Crippen LogP contribution in [-0.4, -0.2) is 41.2 Å². The van der Waals surface area contributed by atoms with Crippen LogP contribution in [0.3, 0.4) is 0 Å². The average Bonchev–Trinajstić information content (AvgIpc) is 3.61. The van der Waals surface area contributed by atoms with Crippen molar-refractivity contribution < 1.29 is 9.53 Å². The molecule has 2 amide bonds. The summed E-state index contributed by atoms with van der Waals surface area (Å²) in [5.41, 5.74) is 9.31. The van der Waals surface area contributed by atoms with Crippen molar-refractivity contribution in [3.63, 3.8) is 0 Å². The number of nitrogens with two attached hydrogens (primary N) is 2. The highest BCUT2D eigenvalue weighted by molar-refractivity contribution is 5.96. The molecule has 0 atom stereocenters. The van der Waals surface area contributed by atoms with E-state index in [-0.39, 0.29) is 12.1 Å². The smallest absolute Gasteiger partial charge is 0.319 e. The molecule has 0 spiro atoms. The highest BCUT2D eigenvalue weighted by Gasteiger charge is 2.26. The molecule has 0 aliphatic heterocycles. The van der Waals surface area contributed by atoms with Crippen molar-refractivity contribution in [1.29, 1.82) is 5.26 Å². The van der Waals surface area contributed by atoms with Gasteiger partial charge in [-0.3, -0.25) is 0 Å². The second kappa shape index (κ2) is 11.0. The second-order valence-electron chi connectivity index (χ2n) is 9.17. The number of nitrogens with one attached hydrogen (secondary N) is 2. The van der Waals surface area contributed by atoms with E-state index in [1.165, 1.54) is 18.0 Å². The predicted molar refractivity (Wildman–Crippen MR) is 141 cm³/mol. The molecule has 1 saturated carbocycles. The number of rotatable bonds is 10. The molecule has 6 N–H and O–H groups in total. The Hall–Kier alpha value is -4.23. The number of hydrogen-bond donors (Lipinski definition) is 4. The minimum atomic E-state index is -0.251. The van der Waals surface area contributed by atoms with Gasteiger partial charge in [0.25, 0.3) is 0 Å². The maximum Gasteiger partial charge on any atom is 0.319 e. The van der Waals surface area contributed by atoms with Gasteiger partial charge in [0, 0.05) is 29.7 Å². The van der Waals surface area contributed by atoms with Crippen molar-refractivity contribution in [2.45, 2.75) is 39.3 Å². The molecule has 0 bridgehead atoms. The summed E-state index contributed by atoms with van der Waals surface area (Å²) < 4.78 is 8.12. The molecule has 3 aromatic rings. The molecule has 0 saturated heterocycles. The lowest BCUT2D eigenvalue weighted by Crippen LogP contribution is -2.34. The highest BCUT2D eigenvalue weighted by atomic mass is 16.5. The fourth-order valence-corrected chi connectivity index (χ4v) is 4.12. The summed E-state index contributed by atoms with van der Waals surface area (Å²) in [5.74, 6) is 6.98. The summed E-state index contributed by atoms with van der Waals surface area (Å²) in [4.78, 5) is 12.1. The highest BCUT2D eigenvalue weighted by Crippen LogP contribution is 2.39. The first-order chi connectivity index (χ1) is 17.4. The largest absolute Gasteiger partial charge is 0.492 e. The Bertz CT molecular complexity index is 1290. The molecular weight excluding hydrogens is 456 g/mol. The van der Waals surface area contributed by atoms with Crippen molar-refractivity contribution in [3.8, 4) is 23.1 Å². The molecule has 10 nitrogen and oxygen atoms in total. The molecule has 188 valence electrons. The van der Waals surface area contributed by atoms with Gasteiger partial charge in [-0.15, -0.1) is 0 Å². The van der Waals surface area contributed by atoms with Gasteiger partial charge in [-0.2, -0.15) is 10.4 Å². The molecule has 1 heterocycles. The van der Waals surface area contributed by atoms with Crippen molar-refractivity contribution in [2.24, 2.45) is 22.6 Å². The number of anilines is 1. The monoisotopic (exact) mass is 488 g/mol. The first-order valence-corrected chi connectivity index (χ1v) is 12.0.